The van der Waals surface area contributed by atoms with Crippen molar-refractivity contribution in [3.8, 4) is 0 Å². The smallest absolute Gasteiger partial charge is 0.254 e. The Bertz CT molecular complexity index is 193. The molecular formula is C9H15F2N. The largest absolute Gasteiger partial charge is 0.330 e. The van der Waals surface area contributed by atoms with Crippen LogP contribution in [0.3, 0.4) is 0 Å². The summed E-state index contributed by atoms with van der Waals surface area (Å²) in [6.45, 7) is 0.581. The van der Waals surface area contributed by atoms with Gasteiger partial charge in [0.15, 0.2) is 0 Å². The monoisotopic (exact) mass is 175 g/mol. The molecule has 1 spiro atoms. The summed E-state index contributed by atoms with van der Waals surface area (Å²) in [4.78, 5) is 0. The molecule has 2 atom stereocenters. The Morgan fingerprint density at radius 3 is 2.58 bits per heavy atom. The van der Waals surface area contributed by atoms with Crippen LogP contribution in [0.5, 0.6) is 0 Å². The Morgan fingerprint density at radius 1 is 1.42 bits per heavy atom. The molecule has 0 heterocycles. The normalized spacial score (nSPS) is 44.8. The van der Waals surface area contributed by atoms with Crippen LogP contribution < -0.4 is 5.73 Å². The highest BCUT2D eigenvalue weighted by molar-refractivity contribution is 5.11. The van der Waals surface area contributed by atoms with Crippen molar-refractivity contribution >= 4 is 0 Å². The van der Waals surface area contributed by atoms with Gasteiger partial charge in [-0.1, -0.05) is 6.42 Å². The Morgan fingerprint density at radius 2 is 2.08 bits per heavy atom. The predicted molar refractivity (Wildman–Crippen MR) is 43.0 cm³/mol. The van der Waals surface area contributed by atoms with Crippen molar-refractivity contribution in [3.63, 3.8) is 0 Å². The maximum absolute atomic E-state index is 12.9. The Kier molecular flexibility index (Phi) is 1.69. The molecule has 2 fully saturated rings. The lowest BCUT2D eigenvalue weighted by Crippen LogP contribution is -2.26. The first-order valence-corrected chi connectivity index (χ1v) is 4.68. The summed E-state index contributed by atoms with van der Waals surface area (Å²) in [6, 6.07) is 0. The molecule has 1 nitrogen and oxygen atoms in total. The van der Waals surface area contributed by atoms with Gasteiger partial charge in [0.25, 0.3) is 5.92 Å². The van der Waals surface area contributed by atoms with Crippen LogP contribution in [-0.2, 0) is 0 Å². The van der Waals surface area contributed by atoms with E-state index in [1.165, 1.54) is 0 Å². The van der Waals surface area contributed by atoms with Crippen molar-refractivity contribution in [3.05, 3.63) is 0 Å². The van der Waals surface area contributed by atoms with Gasteiger partial charge in [-0.25, -0.2) is 8.78 Å². The first kappa shape index (κ1) is 8.42. The van der Waals surface area contributed by atoms with E-state index >= 15 is 0 Å². The first-order chi connectivity index (χ1) is 5.60. The summed E-state index contributed by atoms with van der Waals surface area (Å²) in [5, 5.41) is 0. The van der Waals surface area contributed by atoms with Crippen LogP contribution in [0.1, 0.15) is 32.1 Å². The van der Waals surface area contributed by atoms with E-state index in [9.17, 15) is 8.78 Å². The fourth-order valence-electron chi connectivity index (χ4n) is 2.56. The third-order valence-corrected chi connectivity index (χ3v) is 3.49. The molecule has 0 aromatic rings. The summed E-state index contributed by atoms with van der Waals surface area (Å²) in [5.41, 5.74) is 4.88. The number of rotatable bonds is 1. The first-order valence-electron chi connectivity index (χ1n) is 4.68. The van der Waals surface area contributed by atoms with Gasteiger partial charge in [0, 0.05) is 11.8 Å². The molecule has 3 heteroatoms. The van der Waals surface area contributed by atoms with Crippen LogP contribution in [-0.4, -0.2) is 12.5 Å². The predicted octanol–water partition coefficient (Wildman–Crippen LogP) is 2.16. The Balaban J connectivity index is 2.01. The van der Waals surface area contributed by atoms with Gasteiger partial charge in [-0.2, -0.15) is 0 Å². The number of halogens is 2. The molecule has 2 unspecified atom stereocenters. The number of alkyl halides is 2. The van der Waals surface area contributed by atoms with E-state index in [4.69, 9.17) is 5.73 Å². The van der Waals surface area contributed by atoms with E-state index in [2.05, 4.69) is 0 Å². The van der Waals surface area contributed by atoms with E-state index in [0.29, 0.717) is 18.9 Å². The van der Waals surface area contributed by atoms with Gasteiger partial charge in [-0.3, -0.25) is 0 Å². The number of nitrogens with two attached hydrogens (primary N) is 1. The minimum atomic E-state index is -2.36. The van der Waals surface area contributed by atoms with E-state index < -0.39 is 11.3 Å². The second kappa shape index (κ2) is 2.41. The summed E-state index contributed by atoms with van der Waals surface area (Å²) >= 11 is 0. The van der Waals surface area contributed by atoms with Gasteiger partial charge < -0.3 is 5.73 Å². The molecule has 2 aliphatic rings. The van der Waals surface area contributed by atoms with E-state index in [1.54, 1.807) is 0 Å². The summed E-state index contributed by atoms with van der Waals surface area (Å²) < 4.78 is 25.9. The van der Waals surface area contributed by atoms with Crippen LogP contribution in [0.25, 0.3) is 0 Å². The van der Waals surface area contributed by atoms with Crippen molar-refractivity contribution in [1.29, 1.82) is 0 Å². The third kappa shape index (κ3) is 1.06. The van der Waals surface area contributed by atoms with E-state index in [-0.39, 0.29) is 6.42 Å². The van der Waals surface area contributed by atoms with Gasteiger partial charge in [-0.05, 0) is 31.7 Å². The molecular weight excluding hydrogens is 160 g/mol. The number of hydrogen-bond acceptors (Lipinski definition) is 1. The zero-order valence-electron chi connectivity index (χ0n) is 7.15. The van der Waals surface area contributed by atoms with Gasteiger partial charge in [0.1, 0.15) is 0 Å². The van der Waals surface area contributed by atoms with Crippen LogP contribution in [0.15, 0.2) is 0 Å². The third-order valence-electron chi connectivity index (χ3n) is 3.49. The van der Waals surface area contributed by atoms with Gasteiger partial charge in [0.05, 0.1) is 0 Å². The molecule has 0 saturated heterocycles. The maximum atomic E-state index is 12.9. The zero-order valence-corrected chi connectivity index (χ0v) is 7.15. The molecule has 0 aliphatic heterocycles. The molecule has 70 valence electrons. The molecule has 2 saturated carbocycles. The fourth-order valence-corrected chi connectivity index (χ4v) is 2.56. The van der Waals surface area contributed by atoms with Crippen LogP contribution in [0.4, 0.5) is 8.78 Å². The maximum Gasteiger partial charge on any atom is 0.254 e. The number of hydrogen-bond donors (Lipinski definition) is 1. The average Bonchev–Trinajstić information content (AvgIpc) is 2.52. The minimum absolute atomic E-state index is 0.122. The van der Waals surface area contributed by atoms with Crippen LogP contribution in [0.2, 0.25) is 0 Å². The molecule has 2 aliphatic carbocycles. The fraction of sp³-hybridized carbons (Fsp3) is 1.00. The highest BCUT2D eigenvalue weighted by Gasteiger charge is 2.70. The molecule has 0 bridgehead atoms. The summed E-state index contributed by atoms with van der Waals surface area (Å²) in [5.74, 6) is -2.01. The van der Waals surface area contributed by atoms with Gasteiger partial charge >= 0.3 is 0 Å². The van der Waals surface area contributed by atoms with Crippen molar-refractivity contribution in [2.24, 2.45) is 17.1 Å². The summed E-state index contributed by atoms with van der Waals surface area (Å²) in [6.07, 6.45) is 3.50. The second-order valence-corrected chi connectivity index (χ2v) is 4.36. The van der Waals surface area contributed by atoms with Crippen molar-refractivity contribution in [2.45, 2.75) is 38.0 Å². The van der Waals surface area contributed by atoms with Crippen molar-refractivity contribution in [1.82, 2.24) is 0 Å². The van der Waals surface area contributed by atoms with E-state index in [1.807, 2.05) is 0 Å². The average molecular weight is 175 g/mol. The molecule has 2 rings (SSSR count). The molecule has 12 heavy (non-hydrogen) atoms. The van der Waals surface area contributed by atoms with E-state index in [0.717, 1.165) is 19.3 Å². The molecule has 0 amide bonds. The molecule has 0 aromatic carbocycles. The highest BCUT2D eigenvalue weighted by atomic mass is 19.3. The zero-order chi connectivity index (χ0) is 8.82. The van der Waals surface area contributed by atoms with Crippen molar-refractivity contribution in [2.75, 3.05) is 6.54 Å². The molecule has 0 radical (unpaired) electrons. The lowest BCUT2D eigenvalue weighted by Gasteiger charge is -2.28. The topological polar surface area (TPSA) is 26.0 Å². The Hall–Kier alpha value is -0.180. The molecule has 0 aromatic heterocycles. The van der Waals surface area contributed by atoms with Crippen molar-refractivity contribution < 1.29 is 8.78 Å². The lowest BCUT2D eigenvalue weighted by atomic mass is 9.79. The van der Waals surface area contributed by atoms with Gasteiger partial charge in [-0.15, -0.1) is 0 Å². The van der Waals surface area contributed by atoms with Gasteiger partial charge in [0.2, 0.25) is 0 Å². The lowest BCUT2D eigenvalue weighted by molar-refractivity contribution is 0.0378. The second-order valence-electron chi connectivity index (χ2n) is 4.36. The standard InChI is InChI=1S/C9H15F2N/c10-9(11)6-8(9)3-1-2-7(4-8)5-12/h7H,1-6,12H2. The van der Waals surface area contributed by atoms with Crippen LogP contribution >= 0.6 is 0 Å². The molecule has 2 N–H and O–H groups in total. The van der Waals surface area contributed by atoms with Crippen LogP contribution in [0, 0.1) is 11.3 Å². The highest BCUT2D eigenvalue weighted by Crippen LogP contribution is 2.68. The minimum Gasteiger partial charge on any atom is -0.330 e. The quantitative estimate of drug-likeness (QED) is 0.649. The summed E-state index contributed by atoms with van der Waals surface area (Å²) in [7, 11) is 0. The Labute approximate surface area is 71.3 Å². The SMILES string of the molecule is NCC1CCCC2(C1)CC2(F)F.